The second-order valence-corrected chi connectivity index (χ2v) is 13.4. The molecule has 2 N–H and O–H groups in total. The van der Waals surface area contributed by atoms with Gasteiger partial charge < -0.3 is 34.1 Å². The predicted octanol–water partition coefficient (Wildman–Crippen LogP) is 4.91. The van der Waals surface area contributed by atoms with Crippen molar-refractivity contribution in [3.8, 4) is 23.0 Å². The van der Waals surface area contributed by atoms with Gasteiger partial charge >= 0.3 is 0 Å². The van der Waals surface area contributed by atoms with Gasteiger partial charge in [0.15, 0.2) is 33.0 Å². The van der Waals surface area contributed by atoms with Crippen molar-refractivity contribution in [3.63, 3.8) is 0 Å². The Balaban J connectivity index is 1.56. The van der Waals surface area contributed by atoms with E-state index >= 15 is 0 Å². The van der Waals surface area contributed by atoms with Gasteiger partial charge in [-0.05, 0) is 71.8 Å². The molecule has 0 saturated heterocycles. The van der Waals surface area contributed by atoms with Gasteiger partial charge in [-0.1, -0.05) is 36.4 Å². The average molecular weight is 689 g/mol. The lowest BCUT2D eigenvalue weighted by molar-refractivity contribution is -0.129. The molecule has 12 heteroatoms. The summed E-state index contributed by atoms with van der Waals surface area (Å²) in [7, 11) is 0.792. The topological polar surface area (TPSA) is 142 Å². The molecule has 0 fully saturated rings. The molecule has 5 rings (SSSR count). The number of ether oxygens (including phenoxy) is 5. The molecule has 4 aromatic rings. The number of aliphatic imine (C=N–C) groups is 1. The molecule has 0 radical (unpaired) electrons. The number of hydrogen-bond acceptors (Lipinski definition) is 10. The van der Waals surface area contributed by atoms with Crippen LogP contribution < -0.4 is 24.3 Å². The minimum Gasteiger partial charge on any atom is -0.497 e. The standard InChI is InChI=1S/C37H40N2O9S/c1-44-30-10-7-9-28(24-30)34-37(19-22-49(42,43)31-11-5-4-6-12-31,36(41)38-25-26-13-18-32(45-2)33(23-26)46-3)39-35(48-34)27-14-16-29(17-15-27)47-21-8-20-40/h4-7,9-18,23-24,34,40H,8,19-22,25H2,1-3H3,(H,38,41)/t34-,37-/m1/s1. The molecular weight excluding hydrogens is 648 g/mol. The molecule has 49 heavy (non-hydrogen) atoms. The Morgan fingerprint density at radius 1 is 0.878 bits per heavy atom. The quantitative estimate of drug-likeness (QED) is 0.157. The van der Waals surface area contributed by atoms with Crippen molar-refractivity contribution in [2.24, 2.45) is 4.99 Å². The summed E-state index contributed by atoms with van der Waals surface area (Å²) in [6.07, 6.45) is -0.697. The molecule has 11 nitrogen and oxygen atoms in total. The first-order chi connectivity index (χ1) is 23.7. The third-order valence-corrected chi connectivity index (χ3v) is 9.91. The van der Waals surface area contributed by atoms with Crippen LogP contribution in [0.4, 0.5) is 0 Å². The Bertz CT molecular complexity index is 1860. The van der Waals surface area contributed by atoms with Crippen molar-refractivity contribution < 1.29 is 42.0 Å². The van der Waals surface area contributed by atoms with Crippen molar-refractivity contribution in [1.29, 1.82) is 0 Å². The summed E-state index contributed by atoms with van der Waals surface area (Å²) in [6, 6.07) is 27.5. The van der Waals surface area contributed by atoms with E-state index in [0.717, 1.165) is 5.56 Å². The van der Waals surface area contributed by atoms with E-state index in [-0.39, 0.29) is 36.1 Å². The summed E-state index contributed by atoms with van der Waals surface area (Å²) in [5.74, 6) is 1.45. The molecule has 4 aromatic carbocycles. The van der Waals surface area contributed by atoms with Gasteiger partial charge in [0.2, 0.25) is 5.90 Å². The number of methoxy groups -OCH3 is 3. The zero-order valence-electron chi connectivity index (χ0n) is 27.6. The fourth-order valence-corrected chi connectivity index (χ4v) is 6.92. The normalized spacial score (nSPS) is 17.1. The van der Waals surface area contributed by atoms with Crippen molar-refractivity contribution in [1.82, 2.24) is 5.32 Å². The summed E-state index contributed by atoms with van der Waals surface area (Å²) >= 11 is 0. The van der Waals surface area contributed by atoms with Crippen molar-refractivity contribution in [2.75, 3.05) is 40.3 Å². The molecule has 1 heterocycles. The number of amides is 1. The number of nitrogens with one attached hydrogen (secondary N) is 1. The summed E-state index contributed by atoms with van der Waals surface area (Å²) in [5, 5.41) is 12.1. The third-order valence-electron chi connectivity index (χ3n) is 8.18. The van der Waals surface area contributed by atoms with E-state index in [2.05, 4.69) is 5.32 Å². The van der Waals surface area contributed by atoms with E-state index in [1.54, 1.807) is 92.0 Å². The highest BCUT2D eigenvalue weighted by molar-refractivity contribution is 7.91. The fraction of sp³-hybridized carbons (Fsp3) is 0.297. The Morgan fingerprint density at radius 2 is 1.63 bits per heavy atom. The number of carbonyl (C=O) groups excluding carboxylic acids is 1. The van der Waals surface area contributed by atoms with Crippen LogP contribution >= 0.6 is 0 Å². The third kappa shape index (κ3) is 8.15. The van der Waals surface area contributed by atoms with Gasteiger partial charge in [-0.3, -0.25) is 4.79 Å². The monoisotopic (exact) mass is 688 g/mol. The Kier molecular flexibility index (Phi) is 11.4. The molecular formula is C37H40N2O9S. The van der Waals surface area contributed by atoms with Crippen LogP contribution in [0.15, 0.2) is 107 Å². The highest BCUT2D eigenvalue weighted by atomic mass is 32.2. The van der Waals surface area contributed by atoms with Crippen LogP contribution in [0.5, 0.6) is 23.0 Å². The molecule has 258 valence electrons. The van der Waals surface area contributed by atoms with Crippen molar-refractivity contribution >= 4 is 21.6 Å². The zero-order valence-corrected chi connectivity index (χ0v) is 28.4. The Hall–Kier alpha value is -5.07. The van der Waals surface area contributed by atoms with Crippen LogP contribution in [0, 0.1) is 0 Å². The summed E-state index contributed by atoms with van der Waals surface area (Å²) < 4.78 is 55.7. The lowest BCUT2D eigenvalue weighted by atomic mass is 9.85. The van der Waals surface area contributed by atoms with E-state index < -0.39 is 27.4 Å². The number of nitrogens with zero attached hydrogens (tertiary/aromatic N) is 1. The first-order valence-corrected chi connectivity index (χ1v) is 17.4. The summed E-state index contributed by atoms with van der Waals surface area (Å²) in [5.41, 5.74) is 0.190. The number of aliphatic hydroxyl groups excluding tert-OH is 1. The smallest absolute Gasteiger partial charge is 0.252 e. The maximum Gasteiger partial charge on any atom is 0.252 e. The molecule has 1 aliphatic heterocycles. The van der Waals surface area contributed by atoms with E-state index in [9.17, 15) is 13.2 Å². The molecule has 0 bridgehead atoms. The van der Waals surface area contributed by atoms with Gasteiger partial charge in [0.25, 0.3) is 5.91 Å². The second-order valence-electron chi connectivity index (χ2n) is 11.3. The molecule has 1 aliphatic rings. The van der Waals surface area contributed by atoms with E-state index in [1.165, 1.54) is 26.4 Å². The van der Waals surface area contributed by atoms with Crippen molar-refractivity contribution in [2.45, 2.75) is 35.9 Å². The highest BCUT2D eigenvalue weighted by Crippen LogP contribution is 2.44. The van der Waals surface area contributed by atoms with Crippen LogP contribution in [-0.4, -0.2) is 71.2 Å². The largest absolute Gasteiger partial charge is 0.497 e. The van der Waals surface area contributed by atoms with Gasteiger partial charge in [-0.2, -0.15) is 0 Å². The maximum atomic E-state index is 14.6. The molecule has 0 spiro atoms. The zero-order chi connectivity index (χ0) is 34.9. The fourth-order valence-electron chi connectivity index (χ4n) is 5.54. The SMILES string of the molecule is COc1cccc([C@H]2OC(c3ccc(OCCCO)cc3)=N[C@@]2(CCS(=O)(=O)c2ccccc2)C(=O)NCc2ccc(OC)c(OC)c2)c1. The molecule has 1 amide bonds. The molecule has 2 atom stereocenters. The Morgan fingerprint density at radius 3 is 2.33 bits per heavy atom. The maximum absolute atomic E-state index is 14.6. The number of benzene rings is 4. The first kappa shape index (κ1) is 35.2. The molecule has 0 aromatic heterocycles. The lowest BCUT2D eigenvalue weighted by Crippen LogP contribution is -2.49. The number of sulfone groups is 1. The second kappa shape index (κ2) is 15.9. The van der Waals surface area contributed by atoms with Crippen LogP contribution in [0.25, 0.3) is 0 Å². The Labute approximate surface area is 286 Å². The molecule has 0 aliphatic carbocycles. The number of rotatable bonds is 16. The molecule has 0 unspecified atom stereocenters. The summed E-state index contributed by atoms with van der Waals surface area (Å²) in [4.78, 5) is 19.7. The van der Waals surface area contributed by atoms with Gasteiger partial charge in [0.05, 0.1) is 38.6 Å². The lowest BCUT2D eigenvalue weighted by Gasteiger charge is -2.31. The van der Waals surface area contributed by atoms with E-state index in [1.807, 2.05) is 0 Å². The highest BCUT2D eigenvalue weighted by Gasteiger charge is 2.53. The van der Waals surface area contributed by atoms with Crippen LogP contribution in [0.3, 0.4) is 0 Å². The average Bonchev–Trinajstić information content (AvgIpc) is 3.54. The van der Waals surface area contributed by atoms with Gasteiger partial charge in [-0.25, -0.2) is 13.4 Å². The van der Waals surface area contributed by atoms with Crippen LogP contribution in [-0.2, 0) is 25.9 Å². The number of aliphatic hydroxyl groups is 1. The predicted molar refractivity (Wildman–Crippen MR) is 184 cm³/mol. The van der Waals surface area contributed by atoms with Crippen LogP contribution in [0.2, 0.25) is 0 Å². The van der Waals surface area contributed by atoms with Gasteiger partial charge in [0.1, 0.15) is 11.5 Å². The van der Waals surface area contributed by atoms with Crippen molar-refractivity contribution in [3.05, 3.63) is 114 Å². The molecule has 0 saturated carbocycles. The summed E-state index contributed by atoms with van der Waals surface area (Å²) in [6.45, 7) is 0.469. The van der Waals surface area contributed by atoms with E-state index in [0.29, 0.717) is 47.2 Å². The van der Waals surface area contributed by atoms with E-state index in [4.69, 9.17) is 33.8 Å². The van der Waals surface area contributed by atoms with Gasteiger partial charge in [0, 0.05) is 31.6 Å². The first-order valence-electron chi connectivity index (χ1n) is 15.7. The number of carbonyl (C=O) groups is 1. The minimum absolute atomic E-state index is 0.0184. The van der Waals surface area contributed by atoms with Gasteiger partial charge in [-0.15, -0.1) is 0 Å². The minimum atomic E-state index is -3.81. The van der Waals surface area contributed by atoms with Crippen LogP contribution in [0.1, 0.15) is 35.6 Å². The number of hydrogen-bond donors (Lipinski definition) is 2.